The Hall–Kier alpha value is -2.65. The van der Waals surface area contributed by atoms with Crippen molar-refractivity contribution in [3.63, 3.8) is 0 Å². The van der Waals surface area contributed by atoms with Gasteiger partial charge in [-0.1, -0.05) is 15.9 Å². The number of rotatable bonds is 3. The van der Waals surface area contributed by atoms with Crippen LogP contribution in [0.1, 0.15) is 12.0 Å². The van der Waals surface area contributed by atoms with E-state index in [0.29, 0.717) is 23.5 Å². The molecule has 1 atom stereocenters. The van der Waals surface area contributed by atoms with Gasteiger partial charge in [0.15, 0.2) is 0 Å². The SMILES string of the molecule is N#Cc1ccc(N2CC(C(=O)Nc3ccc(Br)cc3)CC2=O)cc1. The van der Waals surface area contributed by atoms with Crippen molar-refractivity contribution in [3.8, 4) is 6.07 Å². The van der Waals surface area contributed by atoms with Gasteiger partial charge in [0.25, 0.3) is 0 Å². The predicted molar refractivity (Wildman–Crippen MR) is 94.4 cm³/mol. The molecule has 1 saturated heterocycles. The largest absolute Gasteiger partial charge is 0.326 e. The number of nitrogens with one attached hydrogen (secondary N) is 1. The third-order valence-corrected chi connectivity index (χ3v) is 4.44. The van der Waals surface area contributed by atoms with Gasteiger partial charge in [-0.25, -0.2) is 0 Å². The van der Waals surface area contributed by atoms with Gasteiger partial charge in [0.1, 0.15) is 0 Å². The van der Waals surface area contributed by atoms with Crippen LogP contribution in [0.4, 0.5) is 11.4 Å². The third-order valence-electron chi connectivity index (χ3n) is 3.92. The van der Waals surface area contributed by atoms with Crippen LogP contribution >= 0.6 is 15.9 Å². The first-order chi connectivity index (χ1) is 11.6. The monoisotopic (exact) mass is 383 g/mol. The highest BCUT2D eigenvalue weighted by atomic mass is 79.9. The first-order valence-corrected chi connectivity index (χ1v) is 8.23. The van der Waals surface area contributed by atoms with E-state index >= 15 is 0 Å². The van der Waals surface area contributed by atoms with Crippen molar-refractivity contribution in [3.05, 3.63) is 58.6 Å². The Labute approximate surface area is 148 Å². The quantitative estimate of drug-likeness (QED) is 0.883. The lowest BCUT2D eigenvalue weighted by molar-refractivity contribution is -0.122. The molecule has 2 amide bonds. The number of amides is 2. The smallest absolute Gasteiger partial charge is 0.229 e. The molecule has 1 aliphatic heterocycles. The lowest BCUT2D eigenvalue weighted by Gasteiger charge is -2.16. The molecule has 2 aromatic carbocycles. The first-order valence-electron chi connectivity index (χ1n) is 7.44. The van der Waals surface area contributed by atoms with E-state index in [-0.39, 0.29) is 18.2 Å². The highest BCUT2D eigenvalue weighted by molar-refractivity contribution is 9.10. The number of benzene rings is 2. The fraction of sp³-hybridized carbons (Fsp3) is 0.167. The topological polar surface area (TPSA) is 73.2 Å². The van der Waals surface area contributed by atoms with E-state index in [0.717, 1.165) is 4.47 Å². The first kappa shape index (κ1) is 16.2. The molecule has 1 heterocycles. The summed E-state index contributed by atoms with van der Waals surface area (Å²) >= 11 is 3.35. The Balaban J connectivity index is 1.68. The van der Waals surface area contributed by atoms with E-state index < -0.39 is 5.92 Å². The maximum absolute atomic E-state index is 12.4. The Morgan fingerprint density at radius 2 is 1.83 bits per heavy atom. The van der Waals surface area contributed by atoms with Crippen LogP contribution in [0, 0.1) is 17.2 Å². The minimum Gasteiger partial charge on any atom is -0.326 e. The highest BCUT2D eigenvalue weighted by Gasteiger charge is 2.35. The maximum atomic E-state index is 12.4. The molecule has 1 fully saturated rings. The average Bonchev–Trinajstić information content (AvgIpc) is 2.99. The molecule has 1 N–H and O–H groups in total. The fourth-order valence-corrected chi connectivity index (χ4v) is 2.89. The van der Waals surface area contributed by atoms with Gasteiger partial charge in [-0.15, -0.1) is 0 Å². The van der Waals surface area contributed by atoms with Crippen LogP contribution in [-0.4, -0.2) is 18.4 Å². The summed E-state index contributed by atoms with van der Waals surface area (Å²) in [6, 6.07) is 16.1. The van der Waals surface area contributed by atoms with Crippen molar-refractivity contribution in [2.75, 3.05) is 16.8 Å². The molecule has 24 heavy (non-hydrogen) atoms. The van der Waals surface area contributed by atoms with E-state index in [4.69, 9.17) is 5.26 Å². The van der Waals surface area contributed by atoms with E-state index in [2.05, 4.69) is 21.2 Å². The molecular formula is C18H14BrN3O2. The lowest BCUT2D eigenvalue weighted by Crippen LogP contribution is -2.28. The summed E-state index contributed by atoms with van der Waals surface area (Å²) in [5.74, 6) is -0.644. The molecule has 120 valence electrons. The van der Waals surface area contributed by atoms with Crippen LogP contribution in [0.15, 0.2) is 53.0 Å². The number of nitriles is 1. The molecule has 0 radical (unpaired) electrons. The van der Waals surface area contributed by atoms with Crippen LogP contribution in [0.25, 0.3) is 0 Å². The molecule has 0 bridgehead atoms. The van der Waals surface area contributed by atoms with E-state index in [1.54, 1.807) is 41.3 Å². The molecule has 1 aliphatic rings. The van der Waals surface area contributed by atoms with Crippen molar-refractivity contribution in [2.24, 2.45) is 5.92 Å². The number of carbonyl (C=O) groups is 2. The molecule has 6 heteroatoms. The van der Waals surface area contributed by atoms with Gasteiger partial charge in [-0.05, 0) is 48.5 Å². The minimum absolute atomic E-state index is 0.0873. The number of hydrogen-bond donors (Lipinski definition) is 1. The molecule has 1 unspecified atom stereocenters. The zero-order chi connectivity index (χ0) is 17.1. The molecule has 2 aromatic rings. The van der Waals surface area contributed by atoms with E-state index in [9.17, 15) is 9.59 Å². The van der Waals surface area contributed by atoms with Gasteiger partial charge in [-0.3, -0.25) is 9.59 Å². The van der Waals surface area contributed by atoms with Gasteiger partial charge in [-0.2, -0.15) is 5.26 Å². The van der Waals surface area contributed by atoms with Crippen LogP contribution in [0.2, 0.25) is 0 Å². The fourth-order valence-electron chi connectivity index (χ4n) is 2.63. The number of anilines is 2. The predicted octanol–water partition coefficient (Wildman–Crippen LogP) is 3.31. The van der Waals surface area contributed by atoms with Gasteiger partial charge in [0.2, 0.25) is 11.8 Å². The average molecular weight is 384 g/mol. The van der Waals surface area contributed by atoms with Crippen LogP contribution < -0.4 is 10.2 Å². The summed E-state index contributed by atoms with van der Waals surface area (Å²) in [5.41, 5.74) is 1.94. The summed E-state index contributed by atoms with van der Waals surface area (Å²) < 4.78 is 0.934. The van der Waals surface area contributed by atoms with E-state index in [1.807, 2.05) is 18.2 Å². The normalized spacial score (nSPS) is 16.8. The Bertz CT molecular complexity index is 810. The van der Waals surface area contributed by atoms with Crippen molar-refractivity contribution in [2.45, 2.75) is 6.42 Å². The highest BCUT2D eigenvalue weighted by Crippen LogP contribution is 2.26. The minimum atomic E-state index is -0.392. The van der Waals surface area contributed by atoms with Crippen LogP contribution in [0.5, 0.6) is 0 Å². The van der Waals surface area contributed by atoms with Gasteiger partial charge in [0.05, 0.1) is 17.6 Å². The standard InChI is InChI=1S/C18H14BrN3O2/c19-14-3-5-15(6-4-14)21-18(24)13-9-17(23)22(11-13)16-7-1-12(10-20)2-8-16/h1-8,13H,9,11H2,(H,21,24). The molecule has 3 rings (SSSR count). The van der Waals surface area contributed by atoms with Crippen molar-refractivity contribution < 1.29 is 9.59 Å². The number of nitrogens with zero attached hydrogens (tertiary/aromatic N) is 2. The molecule has 5 nitrogen and oxygen atoms in total. The molecule has 0 aromatic heterocycles. The maximum Gasteiger partial charge on any atom is 0.229 e. The number of hydrogen-bond acceptors (Lipinski definition) is 3. The van der Waals surface area contributed by atoms with Gasteiger partial charge in [0, 0.05) is 28.8 Å². The van der Waals surface area contributed by atoms with Crippen molar-refractivity contribution in [1.29, 1.82) is 5.26 Å². The van der Waals surface area contributed by atoms with Gasteiger partial charge < -0.3 is 10.2 Å². The van der Waals surface area contributed by atoms with Crippen molar-refractivity contribution >= 4 is 39.1 Å². The Morgan fingerprint density at radius 3 is 2.46 bits per heavy atom. The van der Waals surface area contributed by atoms with E-state index in [1.165, 1.54) is 0 Å². The molecule has 0 aliphatic carbocycles. The molecule has 0 saturated carbocycles. The summed E-state index contributed by atoms with van der Waals surface area (Å²) in [5, 5.41) is 11.7. The van der Waals surface area contributed by atoms with Gasteiger partial charge >= 0.3 is 0 Å². The summed E-state index contributed by atoms with van der Waals surface area (Å²) in [6.45, 7) is 0.340. The van der Waals surface area contributed by atoms with Crippen LogP contribution in [-0.2, 0) is 9.59 Å². The number of halogens is 1. The zero-order valence-electron chi connectivity index (χ0n) is 12.7. The molecular weight excluding hydrogens is 370 g/mol. The summed E-state index contributed by atoms with van der Waals surface area (Å²) in [6.07, 6.45) is 0.183. The number of carbonyl (C=O) groups excluding carboxylic acids is 2. The second-order valence-electron chi connectivity index (χ2n) is 5.56. The lowest BCUT2D eigenvalue weighted by atomic mass is 10.1. The zero-order valence-corrected chi connectivity index (χ0v) is 14.3. The third kappa shape index (κ3) is 3.47. The Morgan fingerprint density at radius 1 is 1.17 bits per heavy atom. The van der Waals surface area contributed by atoms with Crippen molar-refractivity contribution in [1.82, 2.24) is 0 Å². The second-order valence-corrected chi connectivity index (χ2v) is 6.48. The Kier molecular flexibility index (Phi) is 4.63. The second kappa shape index (κ2) is 6.85. The summed E-state index contributed by atoms with van der Waals surface area (Å²) in [7, 11) is 0. The van der Waals surface area contributed by atoms with Crippen LogP contribution in [0.3, 0.4) is 0 Å². The summed E-state index contributed by atoms with van der Waals surface area (Å²) in [4.78, 5) is 26.2. The molecule has 0 spiro atoms.